The quantitative estimate of drug-likeness (QED) is 0.741. The molecule has 1 heterocycles. The van der Waals surface area contributed by atoms with Crippen LogP contribution >= 0.6 is 0 Å². The number of nitrogens with one attached hydrogen (secondary N) is 1. The van der Waals surface area contributed by atoms with Crippen LogP contribution in [0, 0.1) is 11.7 Å². The van der Waals surface area contributed by atoms with Gasteiger partial charge in [0.1, 0.15) is 16.8 Å². The molecule has 0 spiro atoms. The van der Waals surface area contributed by atoms with Crippen molar-refractivity contribution in [2.75, 3.05) is 13.8 Å². The summed E-state index contributed by atoms with van der Waals surface area (Å²) < 4.78 is 52.2. The molecule has 0 bridgehead atoms. The molecule has 0 aromatic heterocycles. The second-order valence-corrected chi connectivity index (χ2v) is 8.84. The fourth-order valence-corrected chi connectivity index (χ4v) is 4.41. The van der Waals surface area contributed by atoms with Crippen molar-refractivity contribution in [3.8, 4) is 11.5 Å². The average molecular weight is 422 g/mol. The van der Waals surface area contributed by atoms with Crippen LogP contribution in [-0.4, -0.2) is 39.1 Å². The number of carbonyl (C=O) groups excluding carboxylic acids is 1. The van der Waals surface area contributed by atoms with E-state index >= 15 is 0 Å². The number of fused-ring (bicyclic) bond motifs is 1. The van der Waals surface area contributed by atoms with E-state index in [-0.39, 0.29) is 19.3 Å². The van der Waals surface area contributed by atoms with Gasteiger partial charge >= 0.3 is 0 Å². The Kier molecular flexibility index (Phi) is 6.09. The summed E-state index contributed by atoms with van der Waals surface area (Å²) in [7, 11) is -2.62. The first kappa shape index (κ1) is 21.1. The maximum atomic E-state index is 14.0. The number of hydrogen-bond donors (Lipinski definition) is 1. The summed E-state index contributed by atoms with van der Waals surface area (Å²) in [6, 6.07) is 9.36. The molecular weight excluding hydrogens is 399 g/mol. The van der Waals surface area contributed by atoms with E-state index in [0.29, 0.717) is 11.5 Å². The minimum Gasteiger partial charge on any atom is -0.454 e. The number of likely N-dealkylation sites (N-methyl/N-ethyl adjacent to an activating group) is 1. The van der Waals surface area contributed by atoms with Gasteiger partial charge in [0.2, 0.25) is 22.7 Å². The first-order valence-corrected chi connectivity index (χ1v) is 10.6. The third-order valence-corrected chi connectivity index (χ3v) is 6.05. The lowest BCUT2D eigenvalue weighted by Crippen LogP contribution is -2.50. The van der Waals surface area contributed by atoms with Crippen molar-refractivity contribution in [3.63, 3.8) is 0 Å². The fourth-order valence-electron chi connectivity index (χ4n) is 2.99. The van der Waals surface area contributed by atoms with E-state index in [1.165, 1.54) is 17.0 Å². The predicted molar refractivity (Wildman–Crippen MR) is 104 cm³/mol. The van der Waals surface area contributed by atoms with Crippen LogP contribution in [0.2, 0.25) is 0 Å². The van der Waals surface area contributed by atoms with Crippen molar-refractivity contribution in [1.82, 2.24) is 9.62 Å². The minimum atomic E-state index is -4.20. The molecule has 0 saturated heterocycles. The summed E-state index contributed by atoms with van der Waals surface area (Å²) in [5.74, 6) is -0.394. The van der Waals surface area contributed by atoms with E-state index in [1.54, 1.807) is 33.0 Å². The molecule has 29 heavy (non-hydrogen) atoms. The number of rotatable bonds is 7. The van der Waals surface area contributed by atoms with Crippen LogP contribution in [0.15, 0.2) is 47.4 Å². The zero-order valence-corrected chi connectivity index (χ0v) is 17.2. The molecule has 0 radical (unpaired) electrons. The largest absolute Gasteiger partial charge is 0.454 e. The second kappa shape index (κ2) is 8.38. The molecule has 156 valence electrons. The Morgan fingerprint density at radius 3 is 2.55 bits per heavy atom. The minimum absolute atomic E-state index is 0.154. The maximum Gasteiger partial charge on any atom is 0.244 e. The molecule has 1 aliphatic heterocycles. The van der Waals surface area contributed by atoms with Gasteiger partial charge in [0.25, 0.3) is 0 Å². The Morgan fingerprint density at radius 1 is 1.17 bits per heavy atom. The number of ether oxygens (including phenoxy) is 2. The second-order valence-electron chi connectivity index (χ2n) is 7.16. The predicted octanol–water partition coefficient (Wildman–Crippen LogP) is 2.52. The molecule has 0 fully saturated rings. The molecule has 1 amide bonds. The Hall–Kier alpha value is -2.65. The highest BCUT2D eigenvalue weighted by Gasteiger charge is 2.31. The first-order valence-electron chi connectivity index (χ1n) is 9.09. The molecule has 7 nitrogen and oxygen atoms in total. The zero-order chi connectivity index (χ0) is 21.2. The van der Waals surface area contributed by atoms with Crippen LogP contribution in [0.1, 0.15) is 19.4 Å². The van der Waals surface area contributed by atoms with Crippen LogP contribution in [0.4, 0.5) is 4.39 Å². The normalized spacial score (nSPS) is 14.1. The van der Waals surface area contributed by atoms with Crippen LogP contribution < -0.4 is 14.2 Å². The molecule has 9 heteroatoms. The van der Waals surface area contributed by atoms with Gasteiger partial charge < -0.3 is 14.4 Å². The van der Waals surface area contributed by atoms with Crippen molar-refractivity contribution in [3.05, 3.63) is 53.8 Å². The number of halogens is 1. The average Bonchev–Trinajstić information content (AvgIpc) is 3.13. The zero-order valence-electron chi connectivity index (χ0n) is 16.4. The fraction of sp³-hybridized carbons (Fsp3) is 0.350. The Morgan fingerprint density at radius 2 is 1.86 bits per heavy atom. The standard InChI is InChI=1S/C20H23FN2O5S/c1-13(2)19(22-29(25,26)18-7-5-4-6-15(18)21)20(24)23(3)11-14-8-9-16-17(10-14)28-12-27-16/h4-10,13,19,22H,11-12H2,1-3H3. The summed E-state index contributed by atoms with van der Waals surface area (Å²) in [5, 5.41) is 0. The highest BCUT2D eigenvalue weighted by Crippen LogP contribution is 2.32. The molecule has 1 aliphatic rings. The lowest BCUT2D eigenvalue weighted by atomic mass is 10.0. The van der Waals surface area contributed by atoms with Crippen molar-refractivity contribution in [2.24, 2.45) is 5.92 Å². The lowest BCUT2D eigenvalue weighted by Gasteiger charge is -2.27. The van der Waals surface area contributed by atoms with Crippen molar-refractivity contribution in [1.29, 1.82) is 0 Å². The van der Waals surface area contributed by atoms with Gasteiger partial charge in [-0.15, -0.1) is 0 Å². The Bertz CT molecular complexity index is 1010. The summed E-state index contributed by atoms with van der Waals surface area (Å²) in [6.45, 7) is 3.85. The molecule has 0 saturated carbocycles. The number of amides is 1. The van der Waals surface area contributed by atoms with Gasteiger partial charge in [-0.3, -0.25) is 4.79 Å². The summed E-state index contributed by atoms with van der Waals surface area (Å²) in [4.78, 5) is 13.9. The van der Waals surface area contributed by atoms with E-state index in [0.717, 1.165) is 17.7 Å². The summed E-state index contributed by atoms with van der Waals surface area (Å²) in [5.41, 5.74) is 0.810. The molecule has 0 aliphatic carbocycles. The third kappa shape index (κ3) is 4.68. The van der Waals surface area contributed by atoms with E-state index in [2.05, 4.69) is 4.72 Å². The molecule has 2 aromatic carbocycles. The summed E-state index contributed by atoms with van der Waals surface area (Å²) in [6.07, 6.45) is 0. The Balaban J connectivity index is 1.76. The smallest absolute Gasteiger partial charge is 0.244 e. The lowest BCUT2D eigenvalue weighted by molar-refractivity contribution is -0.133. The van der Waals surface area contributed by atoms with Gasteiger partial charge in [0, 0.05) is 13.6 Å². The molecule has 1 unspecified atom stereocenters. The van der Waals surface area contributed by atoms with Gasteiger partial charge in [-0.25, -0.2) is 12.8 Å². The van der Waals surface area contributed by atoms with Gasteiger partial charge in [-0.05, 0) is 35.7 Å². The van der Waals surface area contributed by atoms with E-state index in [9.17, 15) is 17.6 Å². The summed E-state index contributed by atoms with van der Waals surface area (Å²) >= 11 is 0. The molecule has 2 aromatic rings. The van der Waals surface area contributed by atoms with Crippen LogP contribution in [0.25, 0.3) is 0 Å². The molecule has 1 atom stereocenters. The van der Waals surface area contributed by atoms with Crippen molar-refractivity contribution < 1.29 is 27.1 Å². The highest BCUT2D eigenvalue weighted by molar-refractivity contribution is 7.89. The van der Waals surface area contributed by atoms with Crippen LogP contribution in [0.5, 0.6) is 11.5 Å². The van der Waals surface area contributed by atoms with Crippen molar-refractivity contribution in [2.45, 2.75) is 31.3 Å². The molecule has 3 rings (SSSR count). The SMILES string of the molecule is CC(C)C(NS(=O)(=O)c1ccccc1F)C(=O)N(C)Cc1ccc2c(c1)OCO2. The number of benzene rings is 2. The van der Waals surface area contributed by atoms with Crippen LogP contribution in [-0.2, 0) is 21.4 Å². The van der Waals surface area contributed by atoms with Gasteiger partial charge in [0.15, 0.2) is 11.5 Å². The molecule has 1 N–H and O–H groups in total. The van der Waals surface area contributed by atoms with Crippen LogP contribution in [0.3, 0.4) is 0 Å². The van der Waals surface area contributed by atoms with E-state index < -0.39 is 32.7 Å². The van der Waals surface area contributed by atoms with E-state index in [1.807, 2.05) is 6.07 Å². The van der Waals surface area contributed by atoms with E-state index in [4.69, 9.17) is 9.47 Å². The molecular formula is C20H23FN2O5S. The van der Waals surface area contributed by atoms with Gasteiger partial charge in [-0.2, -0.15) is 4.72 Å². The number of sulfonamides is 1. The van der Waals surface area contributed by atoms with Gasteiger partial charge in [0.05, 0.1) is 0 Å². The number of hydrogen-bond acceptors (Lipinski definition) is 5. The maximum absolute atomic E-state index is 14.0. The Labute approximate surface area is 169 Å². The topological polar surface area (TPSA) is 84.9 Å². The first-order chi connectivity index (χ1) is 13.7. The number of carbonyl (C=O) groups is 1. The van der Waals surface area contributed by atoms with Crippen molar-refractivity contribution >= 4 is 15.9 Å². The highest BCUT2D eigenvalue weighted by atomic mass is 32.2. The number of nitrogens with zero attached hydrogens (tertiary/aromatic N) is 1. The third-order valence-electron chi connectivity index (χ3n) is 4.57. The van der Waals surface area contributed by atoms with Gasteiger partial charge in [-0.1, -0.05) is 32.0 Å². The monoisotopic (exact) mass is 422 g/mol.